The normalized spacial score (nSPS) is 17.5. The zero-order valence-corrected chi connectivity index (χ0v) is 13.7. The highest BCUT2D eigenvalue weighted by Gasteiger charge is 2.24. The van der Waals surface area contributed by atoms with Crippen molar-refractivity contribution >= 4 is 5.91 Å². The molecule has 3 rings (SSSR count). The third kappa shape index (κ3) is 4.34. The van der Waals surface area contributed by atoms with Gasteiger partial charge in [0.1, 0.15) is 0 Å². The molecular weight excluding hydrogens is 305 g/mol. The molecule has 4 heteroatoms. The standard InChI is InChI=1S/C20H22FNO2/c21-18-10-4-5-11-19(18)24-15-17-9-6-12-22(14-17)20(23)13-16-7-2-1-3-8-16/h1-5,7-8,10-11,17H,6,9,12-15H2. The fraction of sp³-hybridized carbons (Fsp3) is 0.350. The Morgan fingerprint density at radius 1 is 1.12 bits per heavy atom. The van der Waals surface area contributed by atoms with Crippen LogP contribution in [0, 0.1) is 11.7 Å². The van der Waals surface area contributed by atoms with E-state index in [2.05, 4.69) is 0 Å². The molecule has 0 aliphatic carbocycles. The van der Waals surface area contributed by atoms with Gasteiger partial charge >= 0.3 is 0 Å². The van der Waals surface area contributed by atoms with Gasteiger partial charge in [0, 0.05) is 19.0 Å². The maximum absolute atomic E-state index is 13.6. The van der Waals surface area contributed by atoms with Gasteiger partial charge in [0.2, 0.25) is 5.91 Å². The Balaban J connectivity index is 1.52. The third-order valence-corrected chi connectivity index (χ3v) is 4.38. The molecule has 0 N–H and O–H groups in total. The fourth-order valence-electron chi connectivity index (χ4n) is 3.08. The zero-order valence-electron chi connectivity index (χ0n) is 13.7. The number of carbonyl (C=O) groups is 1. The van der Waals surface area contributed by atoms with Gasteiger partial charge in [-0.1, -0.05) is 42.5 Å². The Bertz CT molecular complexity index is 674. The third-order valence-electron chi connectivity index (χ3n) is 4.38. The summed E-state index contributed by atoms with van der Waals surface area (Å²) in [6, 6.07) is 16.2. The van der Waals surface area contributed by atoms with E-state index in [9.17, 15) is 9.18 Å². The Hall–Kier alpha value is -2.36. The van der Waals surface area contributed by atoms with Crippen molar-refractivity contribution < 1.29 is 13.9 Å². The van der Waals surface area contributed by atoms with E-state index in [4.69, 9.17) is 4.74 Å². The molecule has 2 aromatic rings. The summed E-state index contributed by atoms with van der Waals surface area (Å²) in [5.74, 6) is 0.338. The molecule has 1 fully saturated rings. The van der Waals surface area contributed by atoms with E-state index in [1.165, 1.54) is 6.07 Å². The molecule has 0 bridgehead atoms. The number of rotatable bonds is 5. The molecule has 24 heavy (non-hydrogen) atoms. The summed E-state index contributed by atoms with van der Waals surface area (Å²) in [6.07, 6.45) is 2.40. The predicted octanol–water partition coefficient (Wildman–Crippen LogP) is 3.69. The quantitative estimate of drug-likeness (QED) is 0.838. The van der Waals surface area contributed by atoms with Crippen molar-refractivity contribution in [2.24, 2.45) is 5.92 Å². The minimum absolute atomic E-state index is 0.150. The maximum Gasteiger partial charge on any atom is 0.227 e. The lowest BCUT2D eigenvalue weighted by Crippen LogP contribution is -2.42. The molecule has 0 spiro atoms. The highest BCUT2D eigenvalue weighted by atomic mass is 19.1. The van der Waals surface area contributed by atoms with Gasteiger partial charge in [0.25, 0.3) is 0 Å². The lowest BCUT2D eigenvalue weighted by Gasteiger charge is -2.32. The van der Waals surface area contributed by atoms with E-state index in [1.54, 1.807) is 18.2 Å². The van der Waals surface area contributed by atoms with E-state index in [0.29, 0.717) is 19.6 Å². The second-order valence-electron chi connectivity index (χ2n) is 6.25. The number of ether oxygens (including phenoxy) is 1. The SMILES string of the molecule is O=C(Cc1ccccc1)N1CCCC(COc2ccccc2F)C1. The minimum atomic E-state index is -0.342. The molecule has 1 aliphatic rings. The van der Waals surface area contributed by atoms with Crippen LogP contribution in [0.2, 0.25) is 0 Å². The van der Waals surface area contributed by atoms with Crippen molar-refractivity contribution in [1.29, 1.82) is 0 Å². The molecule has 1 unspecified atom stereocenters. The van der Waals surface area contributed by atoms with Crippen LogP contribution in [0.15, 0.2) is 54.6 Å². The van der Waals surface area contributed by atoms with Crippen LogP contribution < -0.4 is 4.74 Å². The molecule has 0 aromatic heterocycles. The molecule has 1 heterocycles. The summed E-state index contributed by atoms with van der Waals surface area (Å²) >= 11 is 0. The van der Waals surface area contributed by atoms with Gasteiger partial charge in [-0.25, -0.2) is 4.39 Å². The monoisotopic (exact) mass is 327 g/mol. The van der Waals surface area contributed by atoms with Crippen LogP contribution in [0.1, 0.15) is 18.4 Å². The van der Waals surface area contributed by atoms with Crippen LogP contribution in [0.25, 0.3) is 0 Å². The van der Waals surface area contributed by atoms with E-state index in [1.807, 2.05) is 35.2 Å². The summed E-state index contributed by atoms with van der Waals surface area (Å²) in [7, 11) is 0. The summed E-state index contributed by atoms with van der Waals surface area (Å²) in [5.41, 5.74) is 1.03. The lowest BCUT2D eigenvalue weighted by atomic mass is 9.98. The van der Waals surface area contributed by atoms with Crippen LogP contribution in [-0.2, 0) is 11.2 Å². The fourth-order valence-corrected chi connectivity index (χ4v) is 3.08. The van der Waals surface area contributed by atoms with Crippen molar-refractivity contribution in [3.05, 3.63) is 66.0 Å². The molecule has 2 aromatic carbocycles. The first-order chi connectivity index (χ1) is 11.7. The Labute approximate surface area is 142 Å². The predicted molar refractivity (Wildman–Crippen MR) is 91.3 cm³/mol. The first kappa shape index (κ1) is 16.5. The average molecular weight is 327 g/mol. The Morgan fingerprint density at radius 2 is 1.88 bits per heavy atom. The highest BCUT2D eigenvalue weighted by Crippen LogP contribution is 2.21. The molecule has 0 radical (unpaired) electrons. The maximum atomic E-state index is 13.6. The molecule has 1 amide bonds. The first-order valence-electron chi connectivity index (χ1n) is 8.41. The van der Waals surface area contributed by atoms with Crippen LogP contribution >= 0.6 is 0 Å². The van der Waals surface area contributed by atoms with Crippen molar-refractivity contribution in [3.8, 4) is 5.75 Å². The van der Waals surface area contributed by atoms with E-state index in [-0.39, 0.29) is 23.4 Å². The Kier molecular flexibility index (Phi) is 5.47. The van der Waals surface area contributed by atoms with Gasteiger partial charge in [-0.15, -0.1) is 0 Å². The number of benzene rings is 2. The smallest absolute Gasteiger partial charge is 0.227 e. The van der Waals surface area contributed by atoms with Crippen LogP contribution in [-0.4, -0.2) is 30.5 Å². The van der Waals surface area contributed by atoms with Crippen LogP contribution in [0.5, 0.6) is 5.75 Å². The molecule has 126 valence electrons. The molecule has 1 aliphatic heterocycles. The zero-order chi connectivity index (χ0) is 16.8. The summed E-state index contributed by atoms with van der Waals surface area (Å²) in [4.78, 5) is 14.4. The van der Waals surface area contributed by atoms with Crippen LogP contribution in [0.3, 0.4) is 0 Å². The van der Waals surface area contributed by atoms with E-state index >= 15 is 0 Å². The molecular formula is C20H22FNO2. The van der Waals surface area contributed by atoms with Crippen molar-refractivity contribution in [2.45, 2.75) is 19.3 Å². The van der Waals surface area contributed by atoms with E-state index < -0.39 is 0 Å². The van der Waals surface area contributed by atoms with Crippen molar-refractivity contribution in [1.82, 2.24) is 4.90 Å². The summed E-state index contributed by atoms with van der Waals surface area (Å²) < 4.78 is 19.2. The minimum Gasteiger partial charge on any atom is -0.490 e. The number of carbonyl (C=O) groups excluding carboxylic acids is 1. The number of halogens is 1. The van der Waals surface area contributed by atoms with Crippen molar-refractivity contribution in [3.63, 3.8) is 0 Å². The average Bonchev–Trinajstić information content (AvgIpc) is 2.62. The molecule has 1 atom stereocenters. The number of amides is 1. The Morgan fingerprint density at radius 3 is 2.67 bits per heavy atom. The largest absolute Gasteiger partial charge is 0.490 e. The molecule has 0 saturated carbocycles. The molecule has 3 nitrogen and oxygen atoms in total. The van der Waals surface area contributed by atoms with Crippen molar-refractivity contribution in [2.75, 3.05) is 19.7 Å². The topological polar surface area (TPSA) is 29.5 Å². The van der Waals surface area contributed by atoms with Gasteiger partial charge in [-0.3, -0.25) is 4.79 Å². The summed E-state index contributed by atoms with van der Waals surface area (Å²) in [5, 5.41) is 0. The molecule has 1 saturated heterocycles. The summed E-state index contributed by atoms with van der Waals surface area (Å²) in [6.45, 7) is 1.91. The number of para-hydroxylation sites is 1. The first-order valence-corrected chi connectivity index (χ1v) is 8.41. The van der Waals surface area contributed by atoms with Gasteiger partial charge in [-0.2, -0.15) is 0 Å². The number of piperidine rings is 1. The van der Waals surface area contributed by atoms with Gasteiger partial charge in [-0.05, 0) is 30.5 Å². The second kappa shape index (κ2) is 7.95. The van der Waals surface area contributed by atoms with Gasteiger partial charge in [0.05, 0.1) is 13.0 Å². The number of hydrogen-bond donors (Lipinski definition) is 0. The second-order valence-corrected chi connectivity index (χ2v) is 6.25. The van der Waals surface area contributed by atoms with Gasteiger partial charge in [0.15, 0.2) is 11.6 Å². The highest BCUT2D eigenvalue weighted by molar-refractivity contribution is 5.78. The lowest BCUT2D eigenvalue weighted by molar-refractivity contribution is -0.132. The van der Waals surface area contributed by atoms with Crippen LogP contribution in [0.4, 0.5) is 4.39 Å². The van der Waals surface area contributed by atoms with Gasteiger partial charge < -0.3 is 9.64 Å². The van der Waals surface area contributed by atoms with E-state index in [0.717, 1.165) is 24.9 Å². The number of hydrogen-bond acceptors (Lipinski definition) is 2. The number of nitrogens with zero attached hydrogens (tertiary/aromatic N) is 1. The number of likely N-dealkylation sites (tertiary alicyclic amines) is 1.